The molecule has 0 aliphatic carbocycles. The number of aromatic nitrogens is 3. The number of aliphatic hydroxyl groups excluding tert-OH is 1. The summed E-state index contributed by atoms with van der Waals surface area (Å²) in [6.07, 6.45) is 3.69. The van der Waals surface area contributed by atoms with Crippen LogP contribution in [0.25, 0.3) is 11.2 Å². The van der Waals surface area contributed by atoms with Gasteiger partial charge in [-0.1, -0.05) is 0 Å². The maximum atomic E-state index is 9.22. The summed E-state index contributed by atoms with van der Waals surface area (Å²) in [6, 6.07) is 9.99. The van der Waals surface area contributed by atoms with E-state index in [-0.39, 0.29) is 6.61 Å². The molecular weight excluding hydrogens is 344 g/mol. The summed E-state index contributed by atoms with van der Waals surface area (Å²) in [5.74, 6) is 2.06. The number of nitrogens with one attached hydrogen (secondary N) is 1. The molecule has 4 rings (SSSR count). The van der Waals surface area contributed by atoms with Gasteiger partial charge in [-0.3, -0.25) is 9.47 Å². The fourth-order valence-corrected chi connectivity index (χ4v) is 3.48. The first kappa shape index (κ1) is 17.5. The summed E-state index contributed by atoms with van der Waals surface area (Å²) in [6.45, 7) is 2.67. The van der Waals surface area contributed by atoms with Gasteiger partial charge in [-0.05, 0) is 37.1 Å². The van der Waals surface area contributed by atoms with Gasteiger partial charge in [0.1, 0.15) is 23.6 Å². The van der Waals surface area contributed by atoms with E-state index < -0.39 is 0 Å². The lowest BCUT2D eigenvalue weighted by Crippen LogP contribution is -2.39. The first-order valence-electron chi connectivity index (χ1n) is 9.12. The molecule has 1 aliphatic heterocycles. The van der Waals surface area contributed by atoms with E-state index in [4.69, 9.17) is 14.7 Å². The number of hydrogen-bond acceptors (Lipinski definition) is 7. The monoisotopic (exact) mass is 366 g/mol. The van der Waals surface area contributed by atoms with Gasteiger partial charge in [0.05, 0.1) is 19.2 Å². The zero-order valence-electron chi connectivity index (χ0n) is 15.0. The highest BCUT2D eigenvalue weighted by Crippen LogP contribution is 2.23. The van der Waals surface area contributed by atoms with Crippen molar-refractivity contribution in [2.24, 2.45) is 0 Å². The van der Waals surface area contributed by atoms with E-state index in [1.54, 1.807) is 12.3 Å². The molecule has 0 amide bonds. The molecular formula is C19H22N6O2. The first-order valence-corrected chi connectivity index (χ1v) is 9.12. The van der Waals surface area contributed by atoms with Gasteiger partial charge in [0, 0.05) is 25.3 Å². The lowest BCUT2D eigenvalue weighted by molar-refractivity contribution is 0.241. The molecule has 3 aromatic heterocycles. The van der Waals surface area contributed by atoms with Crippen molar-refractivity contribution in [1.29, 1.82) is 5.26 Å². The van der Waals surface area contributed by atoms with Gasteiger partial charge in [0.2, 0.25) is 5.95 Å². The first-order chi connectivity index (χ1) is 13.3. The Hall–Kier alpha value is -2.89. The van der Waals surface area contributed by atoms with E-state index >= 15 is 0 Å². The lowest BCUT2D eigenvalue weighted by Gasteiger charge is -2.31. The number of furan rings is 1. The Morgan fingerprint density at radius 2 is 2.07 bits per heavy atom. The second-order valence-corrected chi connectivity index (χ2v) is 6.75. The molecule has 2 N–H and O–H groups in total. The smallest absolute Gasteiger partial charge is 0.205 e. The second-order valence-electron chi connectivity index (χ2n) is 6.75. The number of nitriles is 1. The van der Waals surface area contributed by atoms with Crippen molar-refractivity contribution in [2.45, 2.75) is 32.0 Å². The van der Waals surface area contributed by atoms with E-state index in [9.17, 15) is 5.11 Å². The molecule has 0 aromatic carbocycles. The van der Waals surface area contributed by atoms with Crippen molar-refractivity contribution in [1.82, 2.24) is 19.4 Å². The van der Waals surface area contributed by atoms with E-state index in [0.29, 0.717) is 24.9 Å². The van der Waals surface area contributed by atoms with Crippen LogP contribution in [-0.4, -0.2) is 50.2 Å². The second kappa shape index (κ2) is 7.78. The number of rotatable bonds is 6. The third kappa shape index (κ3) is 3.79. The number of nitrogens with zero attached hydrogens (tertiary/aromatic N) is 5. The molecule has 1 fully saturated rings. The van der Waals surface area contributed by atoms with Crippen LogP contribution >= 0.6 is 0 Å². The summed E-state index contributed by atoms with van der Waals surface area (Å²) in [5, 5.41) is 21.6. The van der Waals surface area contributed by atoms with Crippen molar-refractivity contribution in [3.63, 3.8) is 0 Å². The average molecular weight is 366 g/mol. The maximum absolute atomic E-state index is 9.22. The number of hydrogen-bond donors (Lipinski definition) is 2. The van der Waals surface area contributed by atoms with Crippen LogP contribution in [0.3, 0.4) is 0 Å². The highest BCUT2D eigenvalue weighted by atomic mass is 16.4. The quantitative estimate of drug-likeness (QED) is 0.643. The van der Waals surface area contributed by atoms with Crippen molar-refractivity contribution in [2.75, 3.05) is 25.0 Å². The summed E-state index contributed by atoms with van der Waals surface area (Å²) in [4.78, 5) is 11.4. The van der Waals surface area contributed by atoms with Gasteiger partial charge < -0.3 is 14.8 Å². The van der Waals surface area contributed by atoms with Crippen LogP contribution in [0.5, 0.6) is 0 Å². The normalized spacial score (nSPS) is 15.9. The SMILES string of the molecule is N#CCN1CCC(Nc2nc3cccnc3n2Cc2ccc(CO)o2)CC1. The molecule has 8 heteroatoms. The Bertz CT molecular complexity index is 949. The highest BCUT2D eigenvalue weighted by molar-refractivity contribution is 5.74. The molecule has 140 valence electrons. The Balaban J connectivity index is 1.56. The summed E-state index contributed by atoms with van der Waals surface area (Å²) < 4.78 is 7.66. The van der Waals surface area contributed by atoms with Gasteiger partial charge in [0.15, 0.2) is 5.65 Å². The Morgan fingerprint density at radius 1 is 1.26 bits per heavy atom. The van der Waals surface area contributed by atoms with Crippen molar-refractivity contribution in [3.05, 3.63) is 42.0 Å². The fourth-order valence-electron chi connectivity index (χ4n) is 3.48. The lowest BCUT2D eigenvalue weighted by atomic mass is 10.1. The summed E-state index contributed by atoms with van der Waals surface area (Å²) >= 11 is 0. The molecule has 0 unspecified atom stereocenters. The molecule has 0 spiro atoms. The Morgan fingerprint density at radius 3 is 2.81 bits per heavy atom. The zero-order valence-corrected chi connectivity index (χ0v) is 15.0. The van der Waals surface area contributed by atoms with Crippen LogP contribution in [0.1, 0.15) is 24.4 Å². The third-order valence-corrected chi connectivity index (χ3v) is 4.91. The maximum Gasteiger partial charge on any atom is 0.205 e. The van der Waals surface area contributed by atoms with E-state index in [1.165, 1.54) is 0 Å². The van der Waals surface area contributed by atoms with Crippen molar-refractivity contribution < 1.29 is 9.52 Å². The molecule has 1 aliphatic rings. The topological polar surface area (TPSA) is 103 Å². The van der Waals surface area contributed by atoms with Gasteiger partial charge >= 0.3 is 0 Å². The van der Waals surface area contributed by atoms with Crippen LogP contribution in [0.15, 0.2) is 34.9 Å². The van der Waals surface area contributed by atoms with Crippen molar-refractivity contribution in [3.8, 4) is 6.07 Å². The number of imidazole rings is 1. The third-order valence-electron chi connectivity index (χ3n) is 4.91. The van der Waals surface area contributed by atoms with Crippen LogP contribution in [0.4, 0.5) is 5.95 Å². The molecule has 0 bridgehead atoms. The number of piperidine rings is 1. The molecule has 8 nitrogen and oxygen atoms in total. The molecule has 1 saturated heterocycles. The average Bonchev–Trinajstić information content (AvgIpc) is 3.29. The number of anilines is 1. The fraction of sp³-hybridized carbons (Fsp3) is 0.421. The molecule has 3 aromatic rings. The largest absolute Gasteiger partial charge is 0.462 e. The predicted octanol–water partition coefficient (Wildman–Crippen LogP) is 1.96. The predicted molar refractivity (Wildman–Crippen MR) is 100.0 cm³/mol. The standard InChI is InChI=1S/C19H22N6O2/c20-7-11-24-9-5-14(6-10-24)22-19-23-17-2-1-8-21-18(17)25(19)12-15-3-4-16(13-26)27-15/h1-4,8,14,26H,5-6,9-13H2,(H,22,23). The summed E-state index contributed by atoms with van der Waals surface area (Å²) in [5.41, 5.74) is 1.62. The number of likely N-dealkylation sites (tertiary alicyclic amines) is 1. The van der Waals surface area contributed by atoms with Gasteiger partial charge in [-0.2, -0.15) is 5.26 Å². The molecule has 0 saturated carbocycles. The molecule has 27 heavy (non-hydrogen) atoms. The van der Waals surface area contributed by atoms with Crippen LogP contribution in [-0.2, 0) is 13.2 Å². The van der Waals surface area contributed by atoms with Gasteiger partial charge in [0.25, 0.3) is 0 Å². The number of fused-ring (bicyclic) bond motifs is 1. The van der Waals surface area contributed by atoms with Gasteiger partial charge in [-0.25, -0.2) is 9.97 Å². The van der Waals surface area contributed by atoms with E-state index in [2.05, 4.69) is 21.3 Å². The summed E-state index contributed by atoms with van der Waals surface area (Å²) in [7, 11) is 0. The van der Waals surface area contributed by atoms with Crippen LogP contribution in [0, 0.1) is 11.3 Å². The minimum absolute atomic E-state index is 0.116. The van der Waals surface area contributed by atoms with Crippen molar-refractivity contribution >= 4 is 17.1 Å². The Labute approximate surface area is 157 Å². The van der Waals surface area contributed by atoms with Crippen LogP contribution < -0.4 is 5.32 Å². The minimum Gasteiger partial charge on any atom is -0.462 e. The highest BCUT2D eigenvalue weighted by Gasteiger charge is 2.22. The molecule has 0 radical (unpaired) electrons. The van der Waals surface area contributed by atoms with Gasteiger partial charge in [-0.15, -0.1) is 0 Å². The zero-order chi connectivity index (χ0) is 18.6. The Kier molecular flexibility index (Phi) is 5.05. The molecule has 4 heterocycles. The number of aliphatic hydroxyl groups is 1. The van der Waals surface area contributed by atoms with E-state index in [1.807, 2.05) is 22.8 Å². The minimum atomic E-state index is -0.116. The molecule has 0 atom stereocenters. The van der Waals surface area contributed by atoms with E-state index in [0.717, 1.165) is 48.8 Å². The van der Waals surface area contributed by atoms with Crippen LogP contribution in [0.2, 0.25) is 0 Å². The number of pyridine rings is 1.